The molecule has 3 nitrogen and oxygen atoms in total. The third-order valence-corrected chi connectivity index (χ3v) is 2.09. The Hall–Kier alpha value is -0.540. The van der Waals surface area contributed by atoms with Gasteiger partial charge in [-0.2, -0.15) is 0 Å². The van der Waals surface area contributed by atoms with Gasteiger partial charge in [0, 0.05) is 0 Å². The highest BCUT2D eigenvalue weighted by Crippen LogP contribution is 2.25. The fourth-order valence-electron chi connectivity index (χ4n) is 0.647. The fourth-order valence-corrected chi connectivity index (χ4v) is 0.756. The van der Waals surface area contributed by atoms with E-state index in [0.29, 0.717) is 0 Å². The van der Waals surface area contributed by atoms with Crippen molar-refractivity contribution in [3.8, 4) is 0 Å². The van der Waals surface area contributed by atoms with Crippen LogP contribution >= 0.6 is 11.6 Å². The number of aliphatic hydroxyl groups is 1. The molecule has 0 spiro atoms. The van der Waals surface area contributed by atoms with Crippen molar-refractivity contribution in [1.82, 2.24) is 0 Å². The van der Waals surface area contributed by atoms with E-state index in [1.165, 1.54) is 13.0 Å². The Bertz CT molecular complexity index is 167. The molecule has 0 aliphatic heterocycles. The van der Waals surface area contributed by atoms with Gasteiger partial charge in [0.1, 0.15) is 0 Å². The van der Waals surface area contributed by atoms with E-state index in [1.807, 2.05) is 0 Å². The van der Waals surface area contributed by atoms with E-state index in [2.05, 4.69) is 6.58 Å². The van der Waals surface area contributed by atoms with Gasteiger partial charge in [-0.25, -0.2) is 0 Å². The van der Waals surface area contributed by atoms with E-state index in [1.54, 1.807) is 0 Å². The normalized spacial score (nSPS) is 18.5. The predicted octanol–water partition coefficient (Wildman–Crippen LogP) is 1.01. The number of aliphatic carboxylic acids is 1. The number of rotatable bonds is 4. The zero-order chi connectivity index (χ0) is 9.07. The first kappa shape index (κ1) is 10.5. The summed E-state index contributed by atoms with van der Waals surface area (Å²) in [6.45, 7) is 4.69. The first-order valence-corrected chi connectivity index (χ1v) is 3.54. The molecule has 0 aromatic carbocycles. The van der Waals surface area contributed by atoms with E-state index in [4.69, 9.17) is 21.8 Å². The number of carboxylic acid groups (broad SMARTS) is 1. The van der Waals surface area contributed by atoms with Crippen molar-refractivity contribution in [3.63, 3.8) is 0 Å². The molecule has 0 bridgehead atoms. The predicted molar refractivity (Wildman–Crippen MR) is 42.7 cm³/mol. The number of hydrogen-bond donors (Lipinski definition) is 2. The highest BCUT2D eigenvalue weighted by atomic mass is 35.5. The molecule has 0 aliphatic carbocycles. The molecule has 0 amide bonds. The second-order valence-electron chi connectivity index (χ2n) is 2.34. The van der Waals surface area contributed by atoms with Crippen LogP contribution in [-0.4, -0.2) is 27.2 Å². The summed E-state index contributed by atoms with van der Waals surface area (Å²) >= 11 is 5.59. The van der Waals surface area contributed by atoms with Crippen LogP contribution < -0.4 is 0 Å². The minimum Gasteiger partial charge on any atom is -0.480 e. The van der Waals surface area contributed by atoms with Crippen molar-refractivity contribution < 1.29 is 15.0 Å². The molecule has 4 heteroatoms. The van der Waals surface area contributed by atoms with E-state index in [0.717, 1.165) is 0 Å². The number of allylic oxidation sites excluding steroid dienone is 1. The summed E-state index contributed by atoms with van der Waals surface area (Å²) in [7, 11) is 0. The quantitative estimate of drug-likeness (QED) is 0.499. The Labute approximate surface area is 70.3 Å². The van der Waals surface area contributed by atoms with Gasteiger partial charge in [0.2, 0.25) is 0 Å². The molecule has 2 N–H and O–H groups in total. The van der Waals surface area contributed by atoms with Gasteiger partial charge < -0.3 is 10.2 Å². The molecule has 0 aliphatic rings. The maximum atomic E-state index is 10.5. The number of aliphatic hydroxyl groups excluding tert-OH is 1. The largest absolute Gasteiger partial charge is 0.480 e. The first-order valence-electron chi connectivity index (χ1n) is 3.16. The van der Waals surface area contributed by atoms with Crippen LogP contribution in [0.4, 0.5) is 0 Å². The van der Waals surface area contributed by atoms with E-state index in [9.17, 15) is 4.79 Å². The van der Waals surface area contributed by atoms with Gasteiger partial charge in [-0.1, -0.05) is 6.08 Å². The summed E-state index contributed by atoms with van der Waals surface area (Å²) in [6.07, 6.45) is 0.315. The van der Waals surface area contributed by atoms with Gasteiger partial charge in [0.25, 0.3) is 0 Å². The van der Waals surface area contributed by atoms with E-state index >= 15 is 0 Å². The number of carboxylic acids is 1. The lowest BCUT2D eigenvalue weighted by molar-refractivity contribution is -0.143. The molecule has 0 heterocycles. The average Bonchev–Trinajstić information content (AvgIpc) is 1.87. The third-order valence-electron chi connectivity index (χ3n) is 1.46. The zero-order valence-electron chi connectivity index (χ0n) is 6.25. The maximum Gasteiger partial charge on any atom is 0.327 e. The molecule has 0 fully saturated rings. The second kappa shape index (κ2) is 3.74. The fraction of sp³-hybridized carbons (Fsp3) is 0.571. The molecule has 0 saturated carbocycles. The standard InChI is InChI=1S/C7H11ClO3/c1-3-4-7(8,5(2)9)6(10)11/h3,5,9H,1,4H2,2H3,(H,10,11). The number of hydrogen-bond acceptors (Lipinski definition) is 2. The molecule has 0 saturated heterocycles. The van der Waals surface area contributed by atoms with Crippen molar-refractivity contribution in [3.05, 3.63) is 12.7 Å². The SMILES string of the molecule is C=CCC(Cl)(C(=O)O)C(C)O. The maximum absolute atomic E-state index is 10.5. The van der Waals surface area contributed by atoms with Crippen LogP contribution in [0.1, 0.15) is 13.3 Å². The zero-order valence-corrected chi connectivity index (χ0v) is 7.01. The van der Waals surface area contributed by atoms with Crippen molar-refractivity contribution in [2.45, 2.75) is 24.3 Å². The minimum atomic E-state index is -1.62. The molecule has 64 valence electrons. The monoisotopic (exact) mass is 178 g/mol. The molecule has 11 heavy (non-hydrogen) atoms. The Morgan fingerprint density at radius 3 is 2.45 bits per heavy atom. The highest BCUT2D eigenvalue weighted by Gasteiger charge is 2.39. The van der Waals surface area contributed by atoms with Crippen LogP contribution in [0.25, 0.3) is 0 Å². The summed E-state index contributed by atoms with van der Waals surface area (Å²) < 4.78 is 0. The molecule has 0 rings (SSSR count). The lowest BCUT2D eigenvalue weighted by Crippen LogP contribution is -2.42. The molecule has 2 unspecified atom stereocenters. The smallest absolute Gasteiger partial charge is 0.327 e. The number of halogens is 1. The average molecular weight is 179 g/mol. The molecular formula is C7H11ClO3. The summed E-state index contributed by atoms with van der Waals surface area (Å²) in [5.41, 5.74) is 0. The van der Waals surface area contributed by atoms with Crippen molar-refractivity contribution in [1.29, 1.82) is 0 Å². The molecule has 0 aromatic rings. The second-order valence-corrected chi connectivity index (χ2v) is 3.01. The summed E-state index contributed by atoms with van der Waals surface area (Å²) in [5.74, 6) is -1.23. The van der Waals surface area contributed by atoms with Crippen LogP contribution in [0.3, 0.4) is 0 Å². The van der Waals surface area contributed by atoms with Gasteiger partial charge in [-0.15, -0.1) is 18.2 Å². The molecular weight excluding hydrogens is 168 g/mol. The summed E-state index contributed by atoms with van der Waals surface area (Å²) in [4.78, 5) is 8.89. The van der Waals surface area contributed by atoms with Crippen LogP contribution in [-0.2, 0) is 4.79 Å². The minimum absolute atomic E-state index is 0.0432. The van der Waals surface area contributed by atoms with Crippen LogP contribution in [0.15, 0.2) is 12.7 Å². The van der Waals surface area contributed by atoms with Gasteiger partial charge in [0.05, 0.1) is 6.10 Å². The topological polar surface area (TPSA) is 57.5 Å². The molecule has 0 radical (unpaired) electrons. The lowest BCUT2D eigenvalue weighted by Gasteiger charge is -2.23. The van der Waals surface area contributed by atoms with Crippen molar-refractivity contribution in [2.75, 3.05) is 0 Å². The van der Waals surface area contributed by atoms with Crippen LogP contribution in [0.2, 0.25) is 0 Å². The Kier molecular flexibility index (Phi) is 3.55. The Morgan fingerprint density at radius 2 is 2.36 bits per heavy atom. The van der Waals surface area contributed by atoms with Crippen molar-refractivity contribution >= 4 is 17.6 Å². The molecule has 2 atom stereocenters. The van der Waals surface area contributed by atoms with Crippen LogP contribution in [0, 0.1) is 0 Å². The lowest BCUT2D eigenvalue weighted by atomic mass is 9.99. The highest BCUT2D eigenvalue weighted by molar-refractivity contribution is 6.34. The van der Waals surface area contributed by atoms with Crippen molar-refractivity contribution in [2.24, 2.45) is 0 Å². The number of alkyl halides is 1. The van der Waals surface area contributed by atoms with Gasteiger partial charge >= 0.3 is 5.97 Å². The first-order chi connectivity index (χ1) is 4.95. The summed E-state index contributed by atoms with van der Waals surface area (Å²) in [6, 6.07) is 0. The Balaban J connectivity index is 4.51. The summed E-state index contributed by atoms with van der Waals surface area (Å²) in [5, 5.41) is 17.6. The van der Waals surface area contributed by atoms with Gasteiger partial charge in [0.15, 0.2) is 4.87 Å². The van der Waals surface area contributed by atoms with Crippen LogP contribution in [0.5, 0.6) is 0 Å². The third kappa shape index (κ3) is 2.20. The number of carbonyl (C=O) groups is 1. The van der Waals surface area contributed by atoms with E-state index < -0.39 is 16.9 Å². The van der Waals surface area contributed by atoms with E-state index in [-0.39, 0.29) is 6.42 Å². The van der Waals surface area contributed by atoms with Gasteiger partial charge in [-0.3, -0.25) is 4.79 Å². The Morgan fingerprint density at radius 1 is 1.91 bits per heavy atom. The van der Waals surface area contributed by atoms with Gasteiger partial charge in [-0.05, 0) is 13.3 Å². The molecule has 0 aromatic heterocycles.